The zero-order valence-electron chi connectivity index (χ0n) is 18.1. The zero-order valence-corrected chi connectivity index (χ0v) is 18.1. The van der Waals surface area contributed by atoms with Crippen molar-refractivity contribution >= 4 is 0 Å². The minimum absolute atomic E-state index is 0.00306. The van der Waals surface area contributed by atoms with E-state index in [0.717, 1.165) is 32.1 Å². The van der Waals surface area contributed by atoms with E-state index in [1.54, 1.807) is 12.1 Å². The van der Waals surface area contributed by atoms with E-state index in [1.807, 2.05) is 13.8 Å². The topological polar surface area (TPSA) is 18.5 Å². The Morgan fingerprint density at radius 2 is 1.74 bits per heavy atom. The average Bonchev–Trinajstić information content (AvgIpc) is 2.78. The van der Waals surface area contributed by atoms with Crippen LogP contribution in [0, 0.1) is 29.3 Å². The molecule has 1 fully saturated rings. The number of benzene rings is 2. The standard InChI is InChI=1S/C26H29F3O2/c1-3-5-16-7-9-17(10-8-16)15-30-21-14-20-13-19-12-11-18(6-4-2)22(27)25(19)31-26(20)24(29)23(21)28/h3,5,11-12,14,16-17H,4,6-10,13,15H2,1-2H3/b5-3+. The third kappa shape index (κ3) is 4.46. The molecule has 2 aliphatic rings. The van der Waals surface area contributed by atoms with Crippen molar-refractivity contribution < 1.29 is 22.6 Å². The van der Waals surface area contributed by atoms with Crippen LogP contribution in [0.5, 0.6) is 17.2 Å². The molecule has 0 amide bonds. The van der Waals surface area contributed by atoms with Crippen molar-refractivity contribution in [2.24, 2.45) is 11.8 Å². The van der Waals surface area contributed by atoms with Crippen molar-refractivity contribution in [3.05, 3.63) is 64.5 Å². The van der Waals surface area contributed by atoms with Crippen LogP contribution in [0.15, 0.2) is 30.4 Å². The number of rotatable bonds is 6. The Labute approximate surface area is 182 Å². The first kappa shape index (κ1) is 21.8. The molecule has 0 saturated heterocycles. The average molecular weight is 431 g/mol. The minimum atomic E-state index is -1.12. The molecule has 2 aromatic carbocycles. The fraction of sp³-hybridized carbons (Fsp3) is 0.462. The fourth-order valence-corrected chi connectivity index (χ4v) is 4.67. The third-order valence-corrected chi connectivity index (χ3v) is 6.40. The van der Waals surface area contributed by atoms with Gasteiger partial charge in [0.2, 0.25) is 11.6 Å². The van der Waals surface area contributed by atoms with Crippen LogP contribution in [0.1, 0.15) is 62.6 Å². The lowest BCUT2D eigenvalue weighted by atomic mass is 9.82. The van der Waals surface area contributed by atoms with Crippen LogP contribution >= 0.6 is 0 Å². The van der Waals surface area contributed by atoms with E-state index in [9.17, 15) is 13.2 Å². The number of aryl methyl sites for hydroxylation is 1. The molecule has 5 heteroatoms. The van der Waals surface area contributed by atoms with Gasteiger partial charge in [0, 0.05) is 17.5 Å². The van der Waals surface area contributed by atoms with Crippen molar-refractivity contribution in [3.8, 4) is 17.2 Å². The Bertz CT molecular complexity index is 975. The second-order valence-electron chi connectivity index (χ2n) is 8.66. The quantitative estimate of drug-likeness (QED) is 0.377. The van der Waals surface area contributed by atoms with Crippen LogP contribution in [-0.4, -0.2) is 6.61 Å². The molecule has 0 N–H and O–H groups in total. The molecule has 0 atom stereocenters. The Balaban J connectivity index is 1.50. The Morgan fingerprint density at radius 1 is 1.00 bits per heavy atom. The monoisotopic (exact) mass is 430 g/mol. The lowest BCUT2D eigenvalue weighted by Gasteiger charge is -2.27. The van der Waals surface area contributed by atoms with E-state index >= 15 is 0 Å². The van der Waals surface area contributed by atoms with Crippen LogP contribution in [0.3, 0.4) is 0 Å². The van der Waals surface area contributed by atoms with E-state index in [1.165, 1.54) is 6.07 Å². The highest BCUT2D eigenvalue weighted by molar-refractivity contribution is 5.54. The summed E-state index contributed by atoms with van der Waals surface area (Å²) in [5.74, 6) is -2.07. The van der Waals surface area contributed by atoms with Crippen LogP contribution in [-0.2, 0) is 12.8 Å². The van der Waals surface area contributed by atoms with E-state index in [2.05, 4.69) is 12.2 Å². The van der Waals surface area contributed by atoms with Crippen molar-refractivity contribution in [1.29, 1.82) is 0 Å². The predicted octanol–water partition coefficient (Wildman–Crippen LogP) is 7.51. The van der Waals surface area contributed by atoms with Crippen LogP contribution in [0.2, 0.25) is 0 Å². The lowest BCUT2D eigenvalue weighted by Crippen LogP contribution is -2.20. The number of hydrogen-bond acceptors (Lipinski definition) is 2. The molecule has 2 nitrogen and oxygen atoms in total. The summed E-state index contributed by atoms with van der Waals surface area (Å²) in [4.78, 5) is 0. The zero-order chi connectivity index (χ0) is 22.0. The Kier molecular flexibility index (Phi) is 6.59. The summed E-state index contributed by atoms with van der Waals surface area (Å²) < 4.78 is 55.5. The predicted molar refractivity (Wildman–Crippen MR) is 115 cm³/mol. The van der Waals surface area contributed by atoms with Gasteiger partial charge in [-0.15, -0.1) is 0 Å². The van der Waals surface area contributed by atoms with Gasteiger partial charge in [-0.2, -0.15) is 8.78 Å². The molecular weight excluding hydrogens is 401 g/mol. The number of fused-ring (bicyclic) bond motifs is 2. The first-order valence-electron chi connectivity index (χ1n) is 11.3. The molecule has 1 aliphatic heterocycles. The van der Waals surface area contributed by atoms with Crippen LogP contribution in [0.25, 0.3) is 0 Å². The second-order valence-corrected chi connectivity index (χ2v) is 8.66. The molecule has 1 aliphatic carbocycles. The van der Waals surface area contributed by atoms with Crippen LogP contribution < -0.4 is 9.47 Å². The number of hydrogen-bond donors (Lipinski definition) is 0. The molecule has 1 heterocycles. The molecule has 1 saturated carbocycles. The van der Waals surface area contributed by atoms with Gasteiger partial charge >= 0.3 is 0 Å². The van der Waals surface area contributed by atoms with Gasteiger partial charge in [0.25, 0.3) is 0 Å². The molecule has 4 rings (SSSR count). The summed E-state index contributed by atoms with van der Waals surface area (Å²) in [6, 6.07) is 5.05. The summed E-state index contributed by atoms with van der Waals surface area (Å²) in [5.41, 5.74) is 1.62. The molecule has 0 unspecified atom stereocenters. The SMILES string of the molecule is C/C=C/C1CCC(COc2cc3c(c(F)c2F)Oc2c(ccc(CCC)c2F)C3)CC1. The molecule has 0 radical (unpaired) electrons. The third-order valence-electron chi connectivity index (χ3n) is 6.40. The Hall–Kier alpha value is -2.43. The second kappa shape index (κ2) is 9.37. The summed E-state index contributed by atoms with van der Waals surface area (Å²) in [6.45, 7) is 4.35. The molecule has 166 valence electrons. The molecule has 2 aromatic rings. The largest absolute Gasteiger partial charge is 0.490 e. The molecule has 31 heavy (non-hydrogen) atoms. The maximum Gasteiger partial charge on any atom is 0.205 e. The van der Waals surface area contributed by atoms with Gasteiger partial charge in [-0.1, -0.05) is 37.6 Å². The van der Waals surface area contributed by atoms with Crippen molar-refractivity contribution in [2.75, 3.05) is 6.61 Å². The van der Waals surface area contributed by atoms with Gasteiger partial charge in [0.1, 0.15) is 0 Å². The highest BCUT2D eigenvalue weighted by atomic mass is 19.2. The maximum absolute atomic E-state index is 14.8. The van der Waals surface area contributed by atoms with Gasteiger partial charge in [-0.3, -0.25) is 0 Å². The number of halogens is 3. The number of ether oxygens (including phenoxy) is 2. The van der Waals surface area contributed by atoms with Gasteiger partial charge < -0.3 is 9.47 Å². The first-order chi connectivity index (χ1) is 15.0. The van der Waals surface area contributed by atoms with Crippen molar-refractivity contribution in [3.63, 3.8) is 0 Å². The summed E-state index contributed by atoms with van der Waals surface area (Å²) >= 11 is 0. The molecule has 0 spiro atoms. The van der Waals surface area contributed by atoms with Gasteiger partial charge in [-0.25, -0.2) is 4.39 Å². The van der Waals surface area contributed by atoms with Gasteiger partial charge in [-0.05, 0) is 62.5 Å². The van der Waals surface area contributed by atoms with Crippen molar-refractivity contribution in [2.45, 2.75) is 58.8 Å². The van der Waals surface area contributed by atoms with E-state index in [-0.39, 0.29) is 23.7 Å². The Morgan fingerprint density at radius 3 is 2.45 bits per heavy atom. The normalized spacial score (nSPS) is 20.3. The van der Waals surface area contributed by atoms with E-state index in [4.69, 9.17) is 9.47 Å². The minimum Gasteiger partial charge on any atom is -0.490 e. The maximum atomic E-state index is 14.8. The lowest BCUT2D eigenvalue weighted by molar-refractivity contribution is 0.187. The smallest absolute Gasteiger partial charge is 0.205 e. The van der Waals surface area contributed by atoms with Crippen LogP contribution in [0.4, 0.5) is 13.2 Å². The fourth-order valence-electron chi connectivity index (χ4n) is 4.67. The van der Waals surface area contributed by atoms with Crippen molar-refractivity contribution in [1.82, 2.24) is 0 Å². The van der Waals surface area contributed by atoms with E-state index in [0.29, 0.717) is 41.6 Å². The molecular formula is C26H29F3O2. The highest BCUT2D eigenvalue weighted by Crippen LogP contribution is 2.43. The summed E-state index contributed by atoms with van der Waals surface area (Å²) in [7, 11) is 0. The summed E-state index contributed by atoms with van der Waals surface area (Å²) in [5, 5.41) is 0. The molecule has 0 bridgehead atoms. The highest BCUT2D eigenvalue weighted by Gasteiger charge is 2.29. The number of allylic oxidation sites excluding steroid dienone is 2. The van der Waals surface area contributed by atoms with Gasteiger partial charge in [0.05, 0.1) is 6.61 Å². The van der Waals surface area contributed by atoms with Gasteiger partial charge in [0.15, 0.2) is 23.1 Å². The summed E-state index contributed by atoms with van der Waals surface area (Å²) in [6.07, 6.45) is 10.2. The first-order valence-corrected chi connectivity index (χ1v) is 11.3. The van der Waals surface area contributed by atoms with E-state index < -0.39 is 17.5 Å². The molecule has 0 aromatic heterocycles.